The molecule has 0 amide bonds. The molecule has 0 spiro atoms. The summed E-state index contributed by atoms with van der Waals surface area (Å²) in [5, 5.41) is 0. The van der Waals surface area contributed by atoms with Gasteiger partial charge in [-0.15, -0.1) is 0 Å². The second-order valence-corrected chi connectivity index (χ2v) is 4.70. The summed E-state index contributed by atoms with van der Waals surface area (Å²) in [7, 11) is 0. The highest BCUT2D eigenvalue weighted by molar-refractivity contribution is 5.74. The zero-order valence-corrected chi connectivity index (χ0v) is 11.4. The normalized spacial score (nSPS) is 12.4. The maximum atomic E-state index is 11.8. The smallest absolute Gasteiger partial charge is 0.365 e. The number of benzene rings is 1. The van der Waals surface area contributed by atoms with Crippen LogP contribution in [-0.2, 0) is 16.0 Å². The maximum Gasteiger partial charge on any atom is 0.365 e. The van der Waals surface area contributed by atoms with E-state index in [1.165, 1.54) is 0 Å². The molecular formula is C15H24NO2+. The van der Waals surface area contributed by atoms with Crippen molar-refractivity contribution >= 4 is 5.97 Å². The van der Waals surface area contributed by atoms with Gasteiger partial charge in [0.25, 0.3) is 0 Å². The second kappa shape index (κ2) is 7.88. The highest BCUT2D eigenvalue weighted by atomic mass is 16.5. The van der Waals surface area contributed by atoms with E-state index in [9.17, 15) is 4.79 Å². The molecule has 0 aliphatic heterocycles. The van der Waals surface area contributed by atoms with E-state index in [1.54, 1.807) is 0 Å². The third-order valence-electron chi connectivity index (χ3n) is 3.27. The first-order valence-corrected chi connectivity index (χ1v) is 6.71. The van der Waals surface area contributed by atoms with Gasteiger partial charge < -0.3 is 10.5 Å². The molecule has 3 N–H and O–H groups in total. The van der Waals surface area contributed by atoms with Gasteiger partial charge in [0.2, 0.25) is 0 Å². The third kappa shape index (κ3) is 4.88. The molecular weight excluding hydrogens is 226 g/mol. The van der Waals surface area contributed by atoms with E-state index in [1.807, 2.05) is 30.3 Å². The number of esters is 1. The van der Waals surface area contributed by atoms with Crippen molar-refractivity contribution in [2.45, 2.75) is 39.2 Å². The predicted octanol–water partition coefficient (Wildman–Crippen LogP) is 1.82. The highest BCUT2D eigenvalue weighted by Gasteiger charge is 2.20. The molecule has 18 heavy (non-hydrogen) atoms. The molecule has 3 heteroatoms. The van der Waals surface area contributed by atoms with Gasteiger partial charge in [-0.05, 0) is 11.5 Å². The Balaban J connectivity index is 2.37. The molecule has 0 unspecified atom stereocenters. The van der Waals surface area contributed by atoms with Crippen LogP contribution in [0.5, 0.6) is 0 Å². The topological polar surface area (TPSA) is 53.9 Å². The van der Waals surface area contributed by atoms with Gasteiger partial charge in [0, 0.05) is 6.42 Å². The van der Waals surface area contributed by atoms with Crippen LogP contribution in [0.1, 0.15) is 32.3 Å². The Morgan fingerprint density at radius 2 is 1.83 bits per heavy atom. The summed E-state index contributed by atoms with van der Waals surface area (Å²) in [6.45, 7) is 4.76. The van der Waals surface area contributed by atoms with Crippen LogP contribution in [-0.4, -0.2) is 18.6 Å². The van der Waals surface area contributed by atoms with E-state index >= 15 is 0 Å². The van der Waals surface area contributed by atoms with Gasteiger partial charge in [-0.2, -0.15) is 0 Å². The molecule has 1 aromatic carbocycles. The first-order valence-electron chi connectivity index (χ1n) is 6.71. The van der Waals surface area contributed by atoms with Crippen molar-refractivity contribution in [2.75, 3.05) is 6.61 Å². The van der Waals surface area contributed by atoms with Crippen molar-refractivity contribution < 1.29 is 15.3 Å². The molecule has 1 aromatic rings. The van der Waals surface area contributed by atoms with Crippen LogP contribution in [0.3, 0.4) is 0 Å². The minimum Gasteiger partial charge on any atom is -0.461 e. The molecule has 0 aromatic heterocycles. The fraction of sp³-hybridized carbons (Fsp3) is 0.533. The van der Waals surface area contributed by atoms with Crippen LogP contribution >= 0.6 is 0 Å². The van der Waals surface area contributed by atoms with Gasteiger partial charge in [-0.25, -0.2) is 4.79 Å². The molecule has 0 saturated carbocycles. The molecule has 0 bridgehead atoms. The van der Waals surface area contributed by atoms with E-state index in [4.69, 9.17) is 4.74 Å². The lowest BCUT2D eigenvalue weighted by atomic mass is 10.0. The Morgan fingerprint density at radius 3 is 2.39 bits per heavy atom. The molecule has 0 radical (unpaired) electrons. The number of ether oxygens (including phenoxy) is 1. The van der Waals surface area contributed by atoms with Gasteiger partial charge in [0.15, 0.2) is 6.04 Å². The average Bonchev–Trinajstić information content (AvgIpc) is 2.40. The van der Waals surface area contributed by atoms with Gasteiger partial charge in [0.05, 0.1) is 6.61 Å². The van der Waals surface area contributed by atoms with E-state index in [0.29, 0.717) is 18.9 Å². The molecule has 3 nitrogen and oxygen atoms in total. The van der Waals surface area contributed by atoms with Crippen LogP contribution in [0, 0.1) is 5.92 Å². The first-order chi connectivity index (χ1) is 8.67. The molecule has 0 aliphatic rings. The summed E-state index contributed by atoms with van der Waals surface area (Å²) in [5.41, 5.74) is 5.01. The monoisotopic (exact) mass is 250 g/mol. The maximum absolute atomic E-state index is 11.8. The minimum atomic E-state index is -0.318. The van der Waals surface area contributed by atoms with Gasteiger partial charge in [-0.1, -0.05) is 57.0 Å². The third-order valence-corrected chi connectivity index (χ3v) is 3.27. The predicted molar refractivity (Wildman–Crippen MR) is 71.9 cm³/mol. The Bertz CT molecular complexity index is 347. The lowest BCUT2D eigenvalue weighted by Crippen LogP contribution is -2.66. The first kappa shape index (κ1) is 14.7. The summed E-state index contributed by atoms with van der Waals surface area (Å²) in [6.07, 6.45) is 2.73. The van der Waals surface area contributed by atoms with Gasteiger partial charge in [0.1, 0.15) is 0 Å². The number of carbonyl (C=O) groups excluding carboxylic acids is 1. The quantitative estimate of drug-likeness (QED) is 0.750. The standard InChI is InChI=1S/C15H23NO2/c1-3-12(4-2)11-18-15(17)14(16)10-13-8-6-5-7-9-13/h5-9,12,14H,3-4,10-11,16H2,1-2H3/p+1/t14-/m0/s1. The van der Waals surface area contributed by atoms with E-state index < -0.39 is 0 Å². The molecule has 1 atom stereocenters. The average molecular weight is 250 g/mol. The molecule has 0 aliphatic carbocycles. The van der Waals surface area contributed by atoms with Crippen molar-refractivity contribution in [1.82, 2.24) is 0 Å². The van der Waals surface area contributed by atoms with Gasteiger partial charge in [-0.3, -0.25) is 0 Å². The number of hydrogen-bond donors (Lipinski definition) is 1. The van der Waals surface area contributed by atoms with Gasteiger partial charge >= 0.3 is 5.97 Å². The molecule has 0 heterocycles. The SMILES string of the molecule is CCC(CC)COC(=O)[C@@H]([NH3+])Cc1ccccc1. The zero-order chi connectivity index (χ0) is 13.4. The summed E-state index contributed by atoms with van der Waals surface area (Å²) in [5.74, 6) is 0.281. The fourth-order valence-electron chi connectivity index (χ4n) is 1.82. The van der Waals surface area contributed by atoms with Crippen LogP contribution in [0.25, 0.3) is 0 Å². The lowest BCUT2D eigenvalue weighted by molar-refractivity contribution is -0.408. The largest absolute Gasteiger partial charge is 0.461 e. The lowest BCUT2D eigenvalue weighted by Gasteiger charge is -2.14. The van der Waals surface area contributed by atoms with Crippen LogP contribution in [0.4, 0.5) is 0 Å². The fourth-order valence-corrected chi connectivity index (χ4v) is 1.82. The number of hydrogen-bond acceptors (Lipinski definition) is 2. The Morgan fingerprint density at radius 1 is 1.22 bits per heavy atom. The summed E-state index contributed by atoms with van der Waals surface area (Å²) in [4.78, 5) is 11.8. The van der Waals surface area contributed by atoms with Crippen molar-refractivity contribution in [1.29, 1.82) is 0 Å². The van der Waals surface area contributed by atoms with Crippen LogP contribution in [0.15, 0.2) is 30.3 Å². The van der Waals surface area contributed by atoms with Crippen LogP contribution < -0.4 is 5.73 Å². The second-order valence-electron chi connectivity index (χ2n) is 4.70. The Hall–Kier alpha value is -1.35. The molecule has 0 fully saturated rings. The number of carbonyl (C=O) groups is 1. The van der Waals surface area contributed by atoms with Crippen molar-refractivity contribution in [3.8, 4) is 0 Å². The Kier molecular flexibility index (Phi) is 6.44. The molecule has 100 valence electrons. The number of rotatable bonds is 7. The van der Waals surface area contributed by atoms with Crippen LogP contribution in [0.2, 0.25) is 0 Å². The van der Waals surface area contributed by atoms with Crippen molar-refractivity contribution in [3.05, 3.63) is 35.9 Å². The van der Waals surface area contributed by atoms with Crippen molar-refractivity contribution in [2.24, 2.45) is 5.92 Å². The summed E-state index contributed by atoms with van der Waals surface area (Å²) < 4.78 is 5.32. The summed E-state index contributed by atoms with van der Waals surface area (Å²) >= 11 is 0. The van der Waals surface area contributed by atoms with Crippen molar-refractivity contribution in [3.63, 3.8) is 0 Å². The zero-order valence-electron chi connectivity index (χ0n) is 11.4. The van der Waals surface area contributed by atoms with E-state index in [-0.39, 0.29) is 12.0 Å². The summed E-state index contributed by atoms with van der Waals surface area (Å²) in [6, 6.07) is 9.60. The molecule has 1 rings (SSSR count). The highest BCUT2D eigenvalue weighted by Crippen LogP contribution is 2.08. The minimum absolute atomic E-state index is 0.189. The molecule has 0 saturated heterocycles. The number of quaternary nitrogens is 1. The Labute approximate surface area is 109 Å². The van der Waals surface area contributed by atoms with E-state index in [0.717, 1.165) is 18.4 Å². The van der Waals surface area contributed by atoms with E-state index in [2.05, 4.69) is 19.6 Å².